The van der Waals surface area contributed by atoms with Crippen molar-refractivity contribution in [2.45, 2.75) is 19.8 Å². The number of aryl methyl sites for hydroxylation is 1. The first-order chi connectivity index (χ1) is 11.7. The van der Waals surface area contributed by atoms with E-state index >= 15 is 0 Å². The summed E-state index contributed by atoms with van der Waals surface area (Å²) in [7, 11) is 1.63. The highest BCUT2D eigenvalue weighted by molar-refractivity contribution is 5.84. The van der Waals surface area contributed by atoms with Gasteiger partial charge in [-0.1, -0.05) is 30.3 Å². The third-order valence-corrected chi connectivity index (χ3v) is 4.25. The molecule has 0 aliphatic carbocycles. The molecule has 0 atom stereocenters. The third kappa shape index (κ3) is 3.59. The number of rotatable bonds is 6. The minimum Gasteiger partial charge on any atom is -0.497 e. The number of nitrogens with one attached hydrogen (secondary N) is 2. The van der Waals surface area contributed by atoms with Crippen molar-refractivity contribution in [1.82, 2.24) is 10.3 Å². The van der Waals surface area contributed by atoms with E-state index in [1.807, 2.05) is 36.4 Å². The zero-order valence-corrected chi connectivity index (χ0v) is 14.1. The summed E-state index contributed by atoms with van der Waals surface area (Å²) in [5.41, 5.74) is 4.57. The molecule has 3 rings (SSSR count). The summed E-state index contributed by atoms with van der Waals surface area (Å²) in [6, 6.07) is 15.8. The molecule has 1 aromatic heterocycles. The molecule has 0 bridgehead atoms. The molecule has 0 saturated carbocycles. The largest absolute Gasteiger partial charge is 0.497 e. The van der Waals surface area contributed by atoms with Gasteiger partial charge >= 0.3 is 0 Å². The minimum atomic E-state index is 0.0395. The van der Waals surface area contributed by atoms with Crippen molar-refractivity contribution in [2.24, 2.45) is 0 Å². The van der Waals surface area contributed by atoms with Crippen LogP contribution in [0.5, 0.6) is 5.75 Å². The van der Waals surface area contributed by atoms with Crippen LogP contribution in [0.15, 0.2) is 48.5 Å². The quantitative estimate of drug-likeness (QED) is 0.731. The Labute approximate surface area is 141 Å². The van der Waals surface area contributed by atoms with Gasteiger partial charge in [-0.3, -0.25) is 4.79 Å². The number of hydrogen-bond donors (Lipinski definition) is 2. The maximum absolute atomic E-state index is 12.1. The number of aromatic amines is 1. The van der Waals surface area contributed by atoms with E-state index in [1.54, 1.807) is 7.11 Å². The molecule has 0 saturated heterocycles. The van der Waals surface area contributed by atoms with Gasteiger partial charge in [0.05, 0.1) is 13.5 Å². The first-order valence-corrected chi connectivity index (χ1v) is 8.13. The van der Waals surface area contributed by atoms with Crippen molar-refractivity contribution in [1.29, 1.82) is 0 Å². The summed E-state index contributed by atoms with van der Waals surface area (Å²) in [4.78, 5) is 15.5. The van der Waals surface area contributed by atoms with Gasteiger partial charge in [-0.05, 0) is 42.7 Å². The highest BCUT2D eigenvalue weighted by Gasteiger charge is 2.09. The second kappa shape index (κ2) is 7.21. The van der Waals surface area contributed by atoms with E-state index in [1.165, 1.54) is 16.6 Å². The number of amides is 1. The zero-order valence-electron chi connectivity index (χ0n) is 14.1. The Morgan fingerprint density at radius 3 is 2.62 bits per heavy atom. The minimum absolute atomic E-state index is 0.0395. The Kier molecular flexibility index (Phi) is 4.85. The Hall–Kier alpha value is -2.75. The maximum atomic E-state index is 12.1. The Balaban J connectivity index is 1.55. The second-order valence-electron chi connectivity index (χ2n) is 5.90. The van der Waals surface area contributed by atoms with Crippen LogP contribution in [0.4, 0.5) is 0 Å². The third-order valence-electron chi connectivity index (χ3n) is 4.25. The fourth-order valence-electron chi connectivity index (χ4n) is 2.98. The van der Waals surface area contributed by atoms with E-state index in [4.69, 9.17) is 4.74 Å². The van der Waals surface area contributed by atoms with Crippen LogP contribution in [-0.4, -0.2) is 24.5 Å². The first kappa shape index (κ1) is 16.1. The van der Waals surface area contributed by atoms with Crippen LogP contribution in [0.1, 0.15) is 16.8 Å². The number of carbonyl (C=O) groups is 1. The smallest absolute Gasteiger partial charge is 0.224 e. The average Bonchev–Trinajstić information content (AvgIpc) is 2.91. The number of para-hydroxylation sites is 1. The molecule has 4 nitrogen and oxygen atoms in total. The molecule has 0 aliphatic rings. The number of ether oxygens (including phenoxy) is 1. The fourth-order valence-corrected chi connectivity index (χ4v) is 2.98. The summed E-state index contributed by atoms with van der Waals surface area (Å²) in [6.45, 7) is 2.71. The molecule has 0 fully saturated rings. The molecule has 2 N–H and O–H groups in total. The van der Waals surface area contributed by atoms with Gasteiger partial charge in [-0.15, -0.1) is 0 Å². The SMILES string of the molecule is COc1ccc(CC(=O)NCCc2c(C)[nH]c3ccccc23)cc1. The summed E-state index contributed by atoms with van der Waals surface area (Å²) >= 11 is 0. The molecule has 124 valence electrons. The Morgan fingerprint density at radius 2 is 1.88 bits per heavy atom. The predicted octanol–water partition coefficient (Wildman–Crippen LogP) is 3.39. The first-order valence-electron chi connectivity index (χ1n) is 8.13. The standard InChI is InChI=1S/C20H22N2O2/c1-14-17(18-5-3-4-6-19(18)22-14)11-12-21-20(23)13-15-7-9-16(24-2)10-8-15/h3-10,22H,11-13H2,1-2H3,(H,21,23). The summed E-state index contributed by atoms with van der Waals surface area (Å²) in [5, 5.41) is 4.24. The van der Waals surface area contributed by atoms with Gasteiger partial charge in [-0.2, -0.15) is 0 Å². The van der Waals surface area contributed by atoms with Gasteiger partial charge < -0.3 is 15.0 Å². The van der Waals surface area contributed by atoms with Gasteiger partial charge in [0.2, 0.25) is 5.91 Å². The van der Waals surface area contributed by atoms with E-state index in [9.17, 15) is 4.79 Å². The molecule has 4 heteroatoms. The summed E-state index contributed by atoms with van der Waals surface area (Å²) in [5.74, 6) is 0.839. The fraction of sp³-hybridized carbons (Fsp3) is 0.250. The van der Waals surface area contributed by atoms with E-state index in [-0.39, 0.29) is 5.91 Å². The van der Waals surface area contributed by atoms with Crippen molar-refractivity contribution in [3.63, 3.8) is 0 Å². The number of aromatic nitrogens is 1. The second-order valence-corrected chi connectivity index (χ2v) is 5.90. The van der Waals surface area contributed by atoms with Crippen LogP contribution >= 0.6 is 0 Å². The monoisotopic (exact) mass is 322 g/mol. The number of methoxy groups -OCH3 is 1. The molecule has 24 heavy (non-hydrogen) atoms. The summed E-state index contributed by atoms with van der Waals surface area (Å²) in [6.07, 6.45) is 1.21. The van der Waals surface area contributed by atoms with Gasteiger partial charge in [0.15, 0.2) is 0 Å². The average molecular weight is 322 g/mol. The van der Waals surface area contributed by atoms with Crippen LogP contribution < -0.4 is 10.1 Å². The van der Waals surface area contributed by atoms with Crippen LogP contribution in [0.25, 0.3) is 10.9 Å². The van der Waals surface area contributed by atoms with Crippen molar-refractivity contribution < 1.29 is 9.53 Å². The van der Waals surface area contributed by atoms with Crippen LogP contribution in [-0.2, 0) is 17.6 Å². The Morgan fingerprint density at radius 1 is 1.12 bits per heavy atom. The molecular formula is C20H22N2O2. The van der Waals surface area contributed by atoms with E-state index < -0.39 is 0 Å². The van der Waals surface area contributed by atoms with Gasteiger partial charge in [-0.25, -0.2) is 0 Å². The van der Waals surface area contributed by atoms with Crippen molar-refractivity contribution in [3.8, 4) is 5.75 Å². The number of benzene rings is 2. The highest BCUT2D eigenvalue weighted by atomic mass is 16.5. The number of H-pyrrole nitrogens is 1. The van der Waals surface area contributed by atoms with Crippen LogP contribution in [0.2, 0.25) is 0 Å². The lowest BCUT2D eigenvalue weighted by molar-refractivity contribution is -0.120. The normalized spacial score (nSPS) is 10.8. The van der Waals surface area contributed by atoms with E-state index in [2.05, 4.69) is 29.4 Å². The van der Waals surface area contributed by atoms with E-state index in [0.29, 0.717) is 13.0 Å². The van der Waals surface area contributed by atoms with Gasteiger partial charge in [0.25, 0.3) is 0 Å². The topological polar surface area (TPSA) is 54.1 Å². The zero-order chi connectivity index (χ0) is 16.9. The lowest BCUT2D eigenvalue weighted by Crippen LogP contribution is -2.27. The molecule has 2 aromatic carbocycles. The molecule has 0 spiro atoms. The highest BCUT2D eigenvalue weighted by Crippen LogP contribution is 2.21. The van der Waals surface area contributed by atoms with Gasteiger partial charge in [0.1, 0.15) is 5.75 Å². The molecule has 0 unspecified atom stereocenters. The lowest BCUT2D eigenvalue weighted by Gasteiger charge is -2.07. The molecule has 0 aliphatic heterocycles. The Bertz CT molecular complexity index is 834. The molecule has 0 radical (unpaired) electrons. The molecule has 1 heterocycles. The lowest BCUT2D eigenvalue weighted by atomic mass is 10.1. The van der Waals surface area contributed by atoms with Crippen molar-refractivity contribution in [3.05, 3.63) is 65.4 Å². The predicted molar refractivity (Wildman–Crippen MR) is 96.4 cm³/mol. The van der Waals surface area contributed by atoms with Crippen LogP contribution in [0, 0.1) is 6.92 Å². The number of carbonyl (C=O) groups excluding carboxylic acids is 1. The van der Waals surface area contributed by atoms with Gasteiger partial charge in [0, 0.05) is 23.1 Å². The maximum Gasteiger partial charge on any atom is 0.224 e. The summed E-state index contributed by atoms with van der Waals surface area (Å²) < 4.78 is 5.12. The van der Waals surface area contributed by atoms with Crippen molar-refractivity contribution in [2.75, 3.05) is 13.7 Å². The molecule has 3 aromatic rings. The molecule has 1 amide bonds. The van der Waals surface area contributed by atoms with Crippen LogP contribution in [0.3, 0.4) is 0 Å². The van der Waals surface area contributed by atoms with E-state index in [0.717, 1.165) is 23.3 Å². The van der Waals surface area contributed by atoms with Crippen molar-refractivity contribution >= 4 is 16.8 Å². The number of fused-ring (bicyclic) bond motifs is 1. The number of hydrogen-bond acceptors (Lipinski definition) is 2. The molecular weight excluding hydrogens is 300 g/mol.